The quantitative estimate of drug-likeness (QED) is 0.754. The van der Waals surface area contributed by atoms with Crippen LogP contribution in [0, 0.1) is 13.8 Å². The molecule has 4 nitrogen and oxygen atoms in total. The second-order valence-electron chi connectivity index (χ2n) is 4.80. The Kier molecular flexibility index (Phi) is 3.61. The Hall–Kier alpha value is -0.870. The van der Waals surface area contributed by atoms with Crippen molar-refractivity contribution in [2.45, 2.75) is 20.4 Å². The van der Waals surface area contributed by atoms with E-state index in [4.69, 9.17) is 0 Å². The first-order valence-electron chi connectivity index (χ1n) is 6.07. The highest BCUT2D eigenvalue weighted by atomic mass is 15.3. The molecule has 0 unspecified atom stereocenters. The smallest absolute Gasteiger partial charge is 0.0596 e. The van der Waals surface area contributed by atoms with Crippen molar-refractivity contribution in [1.29, 1.82) is 0 Å². The summed E-state index contributed by atoms with van der Waals surface area (Å²) in [6, 6.07) is 2.14. The molecule has 0 bridgehead atoms. The molecule has 0 N–H and O–H groups in total. The van der Waals surface area contributed by atoms with Gasteiger partial charge in [-0.15, -0.1) is 0 Å². The van der Waals surface area contributed by atoms with Gasteiger partial charge in [-0.25, -0.2) is 0 Å². The molecule has 0 aromatic carbocycles. The first kappa shape index (κ1) is 11.6. The highest BCUT2D eigenvalue weighted by Crippen LogP contribution is 2.03. The van der Waals surface area contributed by atoms with E-state index in [1.165, 1.54) is 31.9 Å². The molecule has 1 aliphatic rings. The number of rotatable bonds is 3. The van der Waals surface area contributed by atoms with E-state index in [2.05, 4.69) is 46.5 Å². The van der Waals surface area contributed by atoms with Gasteiger partial charge < -0.3 is 4.90 Å². The first-order chi connectivity index (χ1) is 7.65. The molecule has 0 amide bonds. The standard InChI is InChI=1S/C12H22N4/c1-11-10-12(2)16(13-11)9-8-15-6-4-14(3)5-7-15/h10H,4-9H2,1-3H3. The van der Waals surface area contributed by atoms with E-state index < -0.39 is 0 Å². The molecule has 1 aromatic heterocycles. The third-order valence-corrected chi connectivity index (χ3v) is 3.33. The van der Waals surface area contributed by atoms with Gasteiger partial charge in [0.05, 0.1) is 12.2 Å². The van der Waals surface area contributed by atoms with Gasteiger partial charge in [-0.3, -0.25) is 9.58 Å². The number of hydrogen-bond donors (Lipinski definition) is 0. The van der Waals surface area contributed by atoms with Gasteiger partial charge in [-0.1, -0.05) is 0 Å². The monoisotopic (exact) mass is 222 g/mol. The lowest BCUT2D eigenvalue weighted by atomic mass is 10.3. The molecule has 0 spiro atoms. The Morgan fingerprint density at radius 2 is 1.81 bits per heavy atom. The first-order valence-corrected chi connectivity index (χ1v) is 6.07. The van der Waals surface area contributed by atoms with Crippen molar-refractivity contribution in [2.24, 2.45) is 0 Å². The fourth-order valence-electron chi connectivity index (χ4n) is 2.21. The van der Waals surface area contributed by atoms with Crippen LogP contribution in [0.1, 0.15) is 11.4 Å². The molecule has 90 valence electrons. The minimum absolute atomic E-state index is 1.02. The summed E-state index contributed by atoms with van der Waals surface area (Å²) in [5.41, 5.74) is 2.39. The molecule has 2 heterocycles. The molecule has 1 saturated heterocycles. The molecule has 1 fully saturated rings. The maximum atomic E-state index is 4.49. The van der Waals surface area contributed by atoms with E-state index in [9.17, 15) is 0 Å². The number of piperazine rings is 1. The van der Waals surface area contributed by atoms with Crippen LogP contribution in [0.5, 0.6) is 0 Å². The minimum Gasteiger partial charge on any atom is -0.304 e. The number of likely N-dealkylation sites (N-methyl/N-ethyl adjacent to an activating group) is 1. The summed E-state index contributed by atoms with van der Waals surface area (Å²) >= 11 is 0. The Labute approximate surface area is 97.8 Å². The summed E-state index contributed by atoms with van der Waals surface area (Å²) in [5, 5.41) is 4.49. The highest BCUT2D eigenvalue weighted by molar-refractivity contribution is 5.06. The van der Waals surface area contributed by atoms with Crippen LogP contribution >= 0.6 is 0 Å². The van der Waals surface area contributed by atoms with Crippen LogP contribution in [0.3, 0.4) is 0 Å². The zero-order chi connectivity index (χ0) is 11.5. The van der Waals surface area contributed by atoms with E-state index >= 15 is 0 Å². The molecular formula is C12H22N4. The zero-order valence-corrected chi connectivity index (χ0v) is 10.6. The van der Waals surface area contributed by atoms with Crippen LogP contribution in [-0.2, 0) is 6.54 Å². The number of hydrogen-bond acceptors (Lipinski definition) is 3. The lowest BCUT2D eigenvalue weighted by Gasteiger charge is -2.32. The van der Waals surface area contributed by atoms with Crippen molar-refractivity contribution in [3.05, 3.63) is 17.5 Å². The van der Waals surface area contributed by atoms with Gasteiger partial charge in [-0.2, -0.15) is 5.10 Å². The number of aryl methyl sites for hydroxylation is 2. The Morgan fingerprint density at radius 3 is 2.38 bits per heavy atom. The van der Waals surface area contributed by atoms with Crippen molar-refractivity contribution in [1.82, 2.24) is 19.6 Å². The number of aromatic nitrogens is 2. The van der Waals surface area contributed by atoms with E-state index in [1.807, 2.05) is 0 Å². The molecule has 0 atom stereocenters. The lowest BCUT2D eigenvalue weighted by molar-refractivity contribution is 0.148. The van der Waals surface area contributed by atoms with Crippen LogP contribution in [0.4, 0.5) is 0 Å². The molecule has 2 rings (SSSR count). The van der Waals surface area contributed by atoms with Gasteiger partial charge in [0.15, 0.2) is 0 Å². The molecule has 0 saturated carbocycles. The summed E-state index contributed by atoms with van der Waals surface area (Å²) in [6.07, 6.45) is 0. The van der Waals surface area contributed by atoms with Crippen molar-refractivity contribution < 1.29 is 0 Å². The van der Waals surface area contributed by atoms with Gasteiger partial charge in [-0.05, 0) is 27.0 Å². The van der Waals surface area contributed by atoms with Crippen LogP contribution < -0.4 is 0 Å². The topological polar surface area (TPSA) is 24.3 Å². The maximum Gasteiger partial charge on any atom is 0.0596 e. The second-order valence-corrected chi connectivity index (χ2v) is 4.80. The minimum atomic E-state index is 1.02. The Bertz CT molecular complexity index is 337. The van der Waals surface area contributed by atoms with Gasteiger partial charge in [0.2, 0.25) is 0 Å². The second kappa shape index (κ2) is 4.97. The molecule has 0 aliphatic carbocycles. The van der Waals surface area contributed by atoms with Crippen molar-refractivity contribution in [2.75, 3.05) is 39.8 Å². The van der Waals surface area contributed by atoms with Gasteiger partial charge >= 0.3 is 0 Å². The normalized spacial score (nSPS) is 19.2. The van der Waals surface area contributed by atoms with Crippen molar-refractivity contribution in [3.8, 4) is 0 Å². The molecular weight excluding hydrogens is 200 g/mol. The SMILES string of the molecule is Cc1cc(C)n(CCN2CCN(C)CC2)n1. The zero-order valence-electron chi connectivity index (χ0n) is 10.6. The van der Waals surface area contributed by atoms with E-state index in [1.54, 1.807) is 0 Å². The third-order valence-electron chi connectivity index (χ3n) is 3.33. The Balaban J connectivity index is 1.81. The van der Waals surface area contributed by atoms with Gasteiger partial charge in [0, 0.05) is 38.4 Å². The third kappa shape index (κ3) is 2.83. The maximum absolute atomic E-state index is 4.49. The highest BCUT2D eigenvalue weighted by Gasteiger charge is 2.13. The van der Waals surface area contributed by atoms with E-state index in [-0.39, 0.29) is 0 Å². The molecule has 1 aliphatic heterocycles. The Morgan fingerprint density at radius 1 is 1.12 bits per heavy atom. The van der Waals surface area contributed by atoms with Crippen molar-refractivity contribution in [3.63, 3.8) is 0 Å². The fraction of sp³-hybridized carbons (Fsp3) is 0.750. The predicted octanol–water partition coefficient (Wildman–Crippen LogP) is 0.747. The molecule has 4 heteroatoms. The largest absolute Gasteiger partial charge is 0.304 e. The fourth-order valence-corrected chi connectivity index (χ4v) is 2.21. The summed E-state index contributed by atoms with van der Waals surface area (Å²) < 4.78 is 2.12. The van der Waals surface area contributed by atoms with Gasteiger partial charge in [0.25, 0.3) is 0 Å². The average Bonchev–Trinajstić information content (AvgIpc) is 2.57. The van der Waals surface area contributed by atoms with Crippen LogP contribution in [0.2, 0.25) is 0 Å². The number of nitrogens with zero attached hydrogens (tertiary/aromatic N) is 4. The lowest BCUT2D eigenvalue weighted by Crippen LogP contribution is -2.45. The summed E-state index contributed by atoms with van der Waals surface area (Å²) in [4.78, 5) is 4.91. The van der Waals surface area contributed by atoms with E-state index in [0.29, 0.717) is 0 Å². The predicted molar refractivity (Wildman–Crippen MR) is 65.6 cm³/mol. The van der Waals surface area contributed by atoms with Gasteiger partial charge in [0.1, 0.15) is 0 Å². The average molecular weight is 222 g/mol. The van der Waals surface area contributed by atoms with Crippen molar-refractivity contribution >= 4 is 0 Å². The summed E-state index contributed by atoms with van der Waals surface area (Å²) in [7, 11) is 2.19. The van der Waals surface area contributed by atoms with Crippen LogP contribution in [-0.4, -0.2) is 59.4 Å². The summed E-state index contributed by atoms with van der Waals surface area (Å²) in [5.74, 6) is 0. The van der Waals surface area contributed by atoms with Crippen LogP contribution in [0.25, 0.3) is 0 Å². The molecule has 1 aromatic rings. The van der Waals surface area contributed by atoms with E-state index in [0.717, 1.165) is 18.8 Å². The summed E-state index contributed by atoms with van der Waals surface area (Å²) in [6.45, 7) is 11.1. The molecule has 16 heavy (non-hydrogen) atoms. The molecule has 0 radical (unpaired) electrons. The van der Waals surface area contributed by atoms with Crippen LogP contribution in [0.15, 0.2) is 6.07 Å².